The lowest BCUT2D eigenvalue weighted by Crippen LogP contribution is -2.13. The molecule has 0 atom stereocenters. The molecule has 4 nitrogen and oxygen atoms in total. The first-order chi connectivity index (χ1) is 6.63. The van der Waals surface area contributed by atoms with Crippen LogP contribution >= 0.6 is 0 Å². The summed E-state index contributed by atoms with van der Waals surface area (Å²) in [5, 5.41) is 9.92. The second-order valence-electron chi connectivity index (χ2n) is 2.90. The fraction of sp³-hybridized carbons (Fsp3) is 0.200. The molecule has 0 aromatic heterocycles. The Morgan fingerprint density at radius 2 is 2.29 bits per heavy atom. The molecule has 0 saturated carbocycles. The molecule has 4 N–H and O–H groups in total. The van der Waals surface area contributed by atoms with Gasteiger partial charge in [0.05, 0.1) is 0 Å². The summed E-state index contributed by atoms with van der Waals surface area (Å²) in [5.74, 6) is -0.0525. The monoisotopic (exact) mass is 191 g/mol. The van der Waals surface area contributed by atoms with Gasteiger partial charge < -0.3 is 11.1 Å². The lowest BCUT2D eigenvalue weighted by atomic mass is 10.2. The lowest BCUT2D eigenvalue weighted by Gasteiger charge is -2.04. The van der Waals surface area contributed by atoms with E-state index in [1.807, 2.05) is 0 Å². The molecule has 0 unspecified atom stereocenters. The van der Waals surface area contributed by atoms with Gasteiger partial charge in [0.25, 0.3) is 0 Å². The fourth-order valence-corrected chi connectivity index (χ4v) is 1.01. The van der Waals surface area contributed by atoms with Gasteiger partial charge in [-0.2, -0.15) is 0 Å². The zero-order chi connectivity index (χ0) is 10.6. The van der Waals surface area contributed by atoms with Crippen LogP contribution in [0.5, 0.6) is 0 Å². The molecule has 0 aliphatic heterocycles. The summed E-state index contributed by atoms with van der Waals surface area (Å²) in [5.41, 5.74) is 6.60. The van der Waals surface area contributed by atoms with Gasteiger partial charge in [0.15, 0.2) is 0 Å². The average molecular weight is 191 g/mol. The summed E-state index contributed by atoms with van der Waals surface area (Å²) in [6.07, 6.45) is 0.435. The maximum atomic E-state index is 11.1. The Hall–Kier alpha value is -1.84. The van der Waals surface area contributed by atoms with E-state index in [1.54, 1.807) is 31.2 Å². The van der Waals surface area contributed by atoms with Crippen molar-refractivity contribution in [2.75, 3.05) is 5.32 Å². The van der Waals surface area contributed by atoms with Crippen LogP contribution in [0.4, 0.5) is 5.69 Å². The Labute approximate surface area is 82.6 Å². The average Bonchev–Trinajstić information content (AvgIpc) is 2.18. The first kappa shape index (κ1) is 10.2. The predicted molar refractivity (Wildman–Crippen MR) is 56.4 cm³/mol. The SMILES string of the molecule is CCC(=O)Nc1cccc(C(=N)N)c1. The molecule has 0 radical (unpaired) electrons. The smallest absolute Gasteiger partial charge is 0.224 e. The number of benzene rings is 1. The molecule has 0 aliphatic rings. The van der Waals surface area contributed by atoms with Crippen LogP contribution in [0.15, 0.2) is 24.3 Å². The van der Waals surface area contributed by atoms with Crippen LogP contribution < -0.4 is 11.1 Å². The van der Waals surface area contributed by atoms with E-state index in [4.69, 9.17) is 11.1 Å². The van der Waals surface area contributed by atoms with Crippen molar-refractivity contribution in [2.24, 2.45) is 5.73 Å². The summed E-state index contributed by atoms with van der Waals surface area (Å²) >= 11 is 0. The molecule has 0 saturated heterocycles. The first-order valence-electron chi connectivity index (χ1n) is 4.37. The minimum atomic E-state index is -0.0503. The third kappa shape index (κ3) is 2.58. The fourth-order valence-electron chi connectivity index (χ4n) is 1.01. The maximum Gasteiger partial charge on any atom is 0.224 e. The standard InChI is InChI=1S/C10H13N3O/c1-2-9(14)13-8-5-3-4-7(6-8)10(11)12/h3-6H,2H2,1H3,(H3,11,12)(H,13,14). The number of hydrogen-bond acceptors (Lipinski definition) is 2. The largest absolute Gasteiger partial charge is 0.384 e. The molecule has 0 fully saturated rings. The Balaban J connectivity index is 2.83. The Kier molecular flexibility index (Phi) is 3.23. The lowest BCUT2D eigenvalue weighted by molar-refractivity contribution is -0.115. The van der Waals surface area contributed by atoms with E-state index < -0.39 is 0 Å². The van der Waals surface area contributed by atoms with Crippen molar-refractivity contribution in [1.82, 2.24) is 0 Å². The number of nitrogens with one attached hydrogen (secondary N) is 2. The molecule has 0 bridgehead atoms. The van der Waals surface area contributed by atoms with Crippen molar-refractivity contribution >= 4 is 17.4 Å². The molecule has 0 heterocycles. The van der Waals surface area contributed by atoms with Gasteiger partial charge in [0.1, 0.15) is 5.84 Å². The van der Waals surface area contributed by atoms with Gasteiger partial charge in [-0.15, -0.1) is 0 Å². The molecule has 0 aliphatic carbocycles. The quantitative estimate of drug-likeness (QED) is 0.497. The molecular formula is C10H13N3O. The van der Waals surface area contributed by atoms with Crippen LogP contribution in [0.3, 0.4) is 0 Å². The van der Waals surface area contributed by atoms with Gasteiger partial charge >= 0.3 is 0 Å². The molecule has 0 spiro atoms. The summed E-state index contributed by atoms with van der Waals surface area (Å²) in [6, 6.07) is 6.92. The molecule has 1 aromatic rings. The normalized spacial score (nSPS) is 9.50. The number of rotatable bonds is 3. The Morgan fingerprint density at radius 3 is 2.86 bits per heavy atom. The molecular weight excluding hydrogens is 178 g/mol. The van der Waals surface area contributed by atoms with Gasteiger partial charge in [-0.05, 0) is 12.1 Å². The summed E-state index contributed by atoms with van der Waals surface area (Å²) in [7, 11) is 0. The van der Waals surface area contributed by atoms with Crippen LogP contribution in [0.25, 0.3) is 0 Å². The number of hydrogen-bond donors (Lipinski definition) is 3. The van der Waals surface area contributed by atoms with E-state index in [2.05, 4.69) is 5.32 Å². The second kappa shape index (κ2) is 4.41. The van der Waals surface area contributed by atoms with Gasteiger partial charge in [-0.25, -0.2) is 0 Å². The molecule has 1 rings (SSSR count). The Morgan fingerprint density at radius 1 is 1.57 bits per heavy atom. The van der Waals surface area contributed by atoms with Crippen LogP contribution in [-0.2, 0) is 4.79 Å². The van der Waals surface area contributed by atoms with Gasteiger partial charge in [-0.3, -0.25) is 10.2 Å². The van der Waals surface area contributed by atoms with E-state index in [0.717, 1.165) is 0 Å². The Bertz CT molecular complexity index is 360. The van der Waals surface area contributed by atoms with E-state index in [-0.39, 0.29) is 11.7 Å². The molecule has 1 amide bonds. The zero-order valence-corrected chi connectivity index (χ0v) is 8.00. The van der Waals surface area contributed by atoms with E-state index >= 15 is 0 Å². The summed E-state index contributed by atoms with van der Waals surface area (Å²) in [6.45, 7) is 1.78. The van der Waals surface area contributed by atoms with Crippen molar-refractivity contribution in [3.8, 4) is 0 Å². The maximum absolute atomic E-state index is 11.1. The highest BCUT2D eigenvalue weighted by molar-refractivity contribution is 5.97. The number of nitrogen functional groups attached to an aromatic ring is 1. The van der Waals surface area contributed by atoms with Crippen molar-refractivity contribution in [2.45, 2.75) is 13.3 Å². The highest BCUT2D eigenvalue weighted by Crippen LogP contribution is 2.10. The van der Waals surface area contributed by atoms with Crippen molar-refractivity contribution < 1.29 is 4.79 Å². The number of carbonyl (C=O) groups is 1. The van der Waals surface area contributed by atoms with Crippen molar-refractivity contribution in [3.05, 3.63) is 29.8 Å². The van der Waals surface area contributed by atoms with Gasteiger partial charge in [0, 0.05) is 17.7 Å². The first-order valence-corrected chi connectivity index (χ1v) is 4.37. The van der Waals surface area contributed by atoms with Crippen LogP contribution in [0, 0.1) is 5.41 Å². The van der Waals surface area contributed by atoms with E-state index in [1.165, 1.54) is 0 Å². The topological polar surface area (TPSA) is 79.0 Å². The van der Waals surface area contributed by atoms with Crippen molar-refractivity contribution in [1.29, 1.82) is 5.41 Å². The van der Waals surface area contributed by atoms with Crippen molar-refractivity contribution in [3.63, 3.8) is 0 Å². The van der Waals surface area contributed by atoms with Gasteiger partial charge in [-0.1, -0.05) is 19.1 Å². The highest BCUT2D eigenvalue weighted by atomic mass is 16.1. The minimum absolute atomic E-state index is 0.00222. The predicted octanol–water partition coefficient (Wildman–Crippen LogP) is 1.32. The number of amidine groups is 1. The zero-order valence-electron chi connectivity index (χ0n) is 8.00. The molecule has 74 valence electrons. The van der Waals surface area contributed by atoms with Gasteiger partial charge in [0.2, 0.25) is 5.91 Å². The summed E-state index contributed by atoms with van der Waals surface area (Å²) < 4.78 is 0. The summed E-state index contributed by atoms with van der Waals surface area (Å²) in [4.78, 5) is 11.1. The number of amides is 1. The minimum Gasteiger partial charge on any atom is -0.384 e. The van der Waals surface area contributed by atoms with Crippen LogP contribution in [0.2, 0.25) is 0 Å². The molecule has 4 heteroatoms. The molecule has 1 aromatic carbocycles. The highest BCUT2D eigenvalue weighted by Gasteiger charge is 2.00. The molecule has 14 heavy (non-hydrogen) atoms. The number of anilines is 1. The number of carbonyl (C=O) groups excluding carboxylic acids is 1. The number of nitrogens with two attached hydrogens (primary N) is 1. The second-order valence-corrected chi connectivity index (χ2v) is 2.90. The van der Waals surface area contributed by atoms with E-state index in [9.17, 15) is 4.79 Å². The third-order valence-electron chi connectivity index (χ3n) is 1.78. The van der Waals surface area contributed by atoms with Crippen LogP contribution in [-0.4, -0.2) is 11.7 Å². The van der Waals surface area contributed by atoms with Crippen LogP contribution in [0.1, 0.15) is 18.9 Å². The third-order valence-corrected chi connectivity index (χ3v) is 1.78. The van der Waals surface area contributed by atoms with E-state index in [0.29, 0.717) is 17.7 Å².